The highest BCUT2D eigenvalue weighted by molar-refractivity contribution is 5.98. The first kappa shape index (κ1) is 15.5. The number of rotatable bonds is 5. The molecule has 8 nitrogen and oxygen atoms in total. The fraction of sp³-hybridized carbons (Fsp3) is 0.118. The second-order valence-corrected chi connectivity index (χ2v) is 5.57. The number of hydrogen-bond donors (Lipinski definition) is 4. The van der Waals surface area contributed by atoms with Crippen LogP contribution >= 0.6 is 0 Å². The van der Waals surface area contributed by atoms with Crippen molar-refractivity contribution in [3.05, 3.63) is 60.6 Å². The van der Waals surface area contributed by atoms with Crippen LogP contribution in [0.1, 0.15) is 5.56 Å². The maximum Gasteiger partial charge on any atom is 0.209 e. The first-order valence-electron chi connectivity index (χ1n) is 7.96. The largest absolute Gasteiger partial charge is 0.394 e. The van der Waals surface area contributed by atoms with Crippen molar-refractivity contribution in [2.24, 2.45) is 5.10 Å². The van der Waals surface area contributed by atoms with Gasteiger partial charge in [-0.25, -0.2) is 0 Å². The van der Waals surface area contributed by atoms with Crippen LogP contribution in [0.15, 0.2) is 60.1 Å². The van der Waals surface area contributed by atoms with E-state index in [9.17, 15) is 5.11 Å². The summed E-state index contributed by atoms with van der Waals surface area (Å²) in [4.78, 5) is 4.07. The molecule has 1 aliphatic heterocycles. The number of aromatic nitrogens is 3. The zero-order valence-corrected chi connectivity index (χ0v) is 13.4. The molecule has 0 amide bonds. The zero-order chi connectivity index (χ0) is 17.1. The molecule has 25 heavy (non-hydrogen) atoms. The van der Waals surface area contributed by atoms with Gasteiger partial charge in [0.2, 0.25) is 5.84 Å². The lowest BCUT2D eigenvalue weighted by Crippen LogP contribution is -2.87. The van der Waals surface area contributed by atoms with Gasteiger partial charge in [-0.3, -0.25) is 15.1 Å². The van der Waals surface area contributed by atoms with Crippen molar-refractivity contribution in [1.29, 1.82) is 0 Å². The van der Waals surface area contributed by atoms with E-state index in [1.807, 2.05) is 42.6 Å². The number of nitrogens with one attached hydrogen (secondary N) is 2. The van der Waals surface area contributed by atoms with E-state index in [0.717, 1.165) is 33.8 Å². The van der Waals surface area contributed by atoms with Gasteiger partial charge in [0.05, 0.1) is 13.2 Å². The van der Waals surface area contributed by atoms with Gasteiger partial charge in [0.1, 0.15) is 5.69 Å². The maximum atomic E-state index is 9.22. The monoisotopic (exact) mass is 336 g/mol. The maximum absolute atomic E-state index is 9.22. The molecule has 0 spiro atoms. The second-order valence-electron chi connectivity index (χ2n) is 5.57. The van der Waals surface area contributed by atoms with Gasteiger partial charge in [0.15, 0.2) is 0 Å². The average Bonchev–Trinajstić information content (AvgIpc) is 3.33. The van der Waals surface area contributed by atoms with Crippen molar-refractivity contribution in [2.45, 2.75) is 6.54 Å². The van der Waals surface area contributed by atoms with Crippen LogP contribution in [0.5, 0.6) is 0 Å². The van der Waals surface area contributed by atoms with Gasteiger partial charge in [-0.1, -0.05) is 29.8 Å². The van der Waals surface area contributed by atoms with E-state index >= 15 is 0 Å². The molecule has 0 bridgehead atoms. The van der Waals surface area contributed by atoms with Crippen molar-refractivity contribution in [3.63, 3.8) is 0 Å². The summed E-state index contributed by atoms with van der Waals surface area (Å²) in [5.74, 6) is 0.789. The van der Waals surface area contributed by atoms with Gasteiger partial charge in [-0.15, -0.1) is 5.53 Å². The molecule has 0 saturated heterocycles. The molecule has 8 heteroatoms. The summed E-state index contributed by atoms with van der Waals surface area (Å²) >= 11 is 0. The molecule has 0 fully saturated rings. The minimum atomic E-state index is 0.0465. The van der Waals surface area contributed by atoms with Crippen LogP contribution in [0.2, 0.25) is 0 Å². The molecule has 0 atom stereocenters. The highest BCUT2D eigenvalue weighted by Crippen LogP contribution is 2.31. The van der Waals surface area contributed by atoms with Crippen molar-refractivity contribution in [1.82, 2.24) is 25.7 Å². The number of aliphatic hydroxyl groups is 1. The van der Waals surface area contributed by atoms with Crippen molar-refractivity contribution >= 4 is 5.84 Å². The molecule has 0 saturated carbocycles. The number of hydrogen-bond acceptors (Lipinski definition) is 6. The van der Waals surface area contributed by atoms with Crippen LogP contribution in [0.4, 0.5) is 0 Å². The van der Waals surface area contributed by atoms with Gasteiger partial charge < -0.3 is 5.11 Å². The Morgan fingerprint density at radius 2 is 1.76 bits per heavy atom. The Labute approximate surface area is 144 Å². The third-order valence-electron chi connectivity index (χ3n) is 3.96. The second kappa shape index (κ2) is 6.81. The summed E-state index contributed by atoms with van der Waals surface area (Å²) < 4.78 is 1.76. The molecule has 5 N–H and O–H groups in total. The molecular formula is C17H18N7O+. The SMILES string of the molecule is OCCn1cc(-c2ccc(C3=N[NH2+]NN3)cc2)c(-c2ccncc2)n1. The summed E-state index contributed by atoms with van der Waals surface area (Å²) in [6.45, 7) is 0.503. The number of amidine groups is 1. The number of quaternary nitrogens is 1. The normalized spacial score (nSPS) is 13.6. The molecule has 0 unspecified atom stereocenters. The van der Waals surface area contributed by atoms with Crippen LogP contribution in [-0.2, 0) is 6.54 Å². The first-order valence-corrected chi connectivity index (χ1v) is 7.96. The number of benzene rings is 1. The van der Waals surface area contributed by atoms with E-state index in [1.165, 1.54) is 0 Å². The summed E-state index contributed by atoms with van der Waals surface area (Å²) in [7, 11) is 0. The fourth-order valence-corrected chi connectivity index (χ4v) is 2.76. The number of hydrazine groups is 1. The van der Waals surface area contributed by atoms with Gasteiger partial charge in [-0.05, 0) is 22.8 Å². The van der Waals surface area contributed by atoms with Crippen LogP contribution in [0, 0.1) is 0 Å². The summed E-state index contributed by atoms with van der Waals surface area (Å²) in [5, 5.41) is 18.1. The quantitative estimate of drug-likeness (QED) is 0.485. The lowest BCUT2D eigenvalue weighted by Gasteiger charge is -2.04. The van der Waals surface area contributed by atoms with Crippen LogP contribution in [0.25, 0.3) is 22.4 Å². The Morgan fingerprint density at radius 3 is 2.44 bits per heavy atom. The predicted molar refractivity (Wildman–Crippen MR) is 92.7 cm³/mol. The smallest absolute Gasteiger partial charge is 0.209 e. The molecule has 1 aromatic carbocycles. The number of nitrogens with zero attached hydrogens (tertiary/aromatic N) is 4. The van der Waals surface area contributed by atoms with E-state index in [4.69, 9.17) is 0 Å². The van der Waals surface area contributed by atoms with Gasteiger partial charge in [0, 0.05) is 35.3 Å². The number of nitrogens with two attached hydrogens (primary N) is 1. The van der Waals surface area contributed by atoms with Gasteiger partial charge in [0.25, 0.3) is 0 Å². The Bertz CT molecular complexity index is 887. The molecule has 126 valence electrons. The third-order valence-corrected chi connectivity index (χ3v) is 3.96. The Morgan fingerprint density at radius 1 is 1.00 bits per heavy atom. The topological polar surface area (TPSA) is 104 Å². The molecule has 4 rings (SSSR count). The number of aliphatic hydroxyl groups excluding tert-OH is 1. The zero-order valence-electron chi connectivity index (χ0n) is 13.4. The summed E-state index contributed by atoms with van der Waals surface area (Å²) in [5.41, 5.74) is 12.4. The Kier molecular flexibility index (Phi) is 4.21. The molecule has 2 aromatic heterocycles. The number of pyridine rings is 1. The highest BCUT2D eigenvalue weighted by Gasteiger charge is 2.15. The lowest BCUT2D eigenvalue weighted by atomic mass is 10.0. The highest BCUT2D eigenvalue weighted by atomic mass is 16.3. The molecular weight excluding hydrogens is 318 g/mol. The molecule has 3 aromatic rings. The van der Waals surface area contributed by atoms with E-state index < -0.39 is 0 Å². The lowest BCUT2D eigenvalue weighted by molar-refractivity contribution is -0.713. The first-order chi connectivity index (χ1) is 12.3. The van der Waals surface area contributed by atoms with Gasteiger partial charge in [-0.2, -0.15) is 5.10 Å². The Balaban J connectivity index is 1.73. The fourth-order valence-electron chi connectivity index (χ4n) is 2.76. The minimum absolute atomic E-state index is 0.0465. The van der Waals surface area contributed by atoms with E-state index in [2.05, 4.69) is 26.1 Å². The Hall–Kier alpha value is -3.07. The standard InChI is InChI=1S/C17H17N7O/c25-10-9-24-11-15(16(21-24)13-5-7-18-8-6-13)12-1-3-14(4-2-12)17-19-22-23-20-17/h1-8,11,22-23,25H,9-10H2,(H,19,20)/p+1. The minimum Gasteiger partial charge on any atom is -0.394 e. The van der Waals surface area contributed by atoms with Gasteiger partial charge >= 0.3 is 0 Å². The van der Waals surface area contributed by atoms with Crippen molar-refractivity contribution in [2.75, 3.05) is 6.61 Å². The van der Waals surface area contributed by atoms with Crippen molar-refractivity contribution < 1.29 is 10.6 Å². The molecule has 3 heterocycles. The molecule has 0 radical (unpaired) electrons. The van der Waals surface area contributed by atoms with Crippen LogP contribution < -0.4 is 16.5 Å². The van der Waals surface area contributed by atoms with E-state index in [0.29, 0.717) is 6.54 Å². The average molecular weight is 336 g/mol. The third kappa shape index (κ3) is 3.13. The molecule has 0 aliphatic carbocycles. The van der Waals surface area contributed by atoms with E-state index in [1.54, 1.807) is 22.6 Å². The summed E-state index contributed by atoms with van der Waals surface area (Å²) in [6, 6.07) is 12.0. The predicted octanol–water partition coefficient (Wildman–Crippen LogP) is -0.148. The van der Waals surface area contributed by atoms with Crippen LogP contribution in [0.3, 0.4) is 0 Å². The van der Waals surface area contributed by atoms with Crippen LogP contribution in [-0.4, -0.2) is 32.3 Å². The summed E-state index contributed by atoms with van der Waals surface area (Å²) in [6.07, 6.45) is 5.46. The molecule has 1 aliphatic rings. The van der Waals surface area contributed by atoms with E-state index in [-0.39, 0.29) is 6.61 Å². The van der Waals surface area contributed by atoms with Crippen molar-refractivity contribution in [3.8, 4) is 22.4 Å².